The maximum atomic E-state index is 12.6. The van der Waals surface area contributed by atoms with Crippen molar-refractivity contribution in [3.05, 3.63) is 29.3 Å². The van der Waals surface area contributed by atoms with E-state index in [1.807, 2.05) is 0 Å². The molecular formula is C19H22N4O7S3. The van der Waals surface area contributed by atoms with Crippen LogP contribution in [0.3, 0.4) is 0 Å². The van der Waals surface area contributed by atoms with E-state index >= 15 is 0 Å². The highest BCUT2D eigenvalue weighted by molar-refractivity contribution is 8.42. The molecule has 14 heteroatoms. The van der Waals surface area contributed by atoms with Gasteiger partial charge in [0, 0.05) is 0 Å². The van der Waals surface area contributed by atoms with Crippen LogP contribution in [0, 0.1) is 11.3 Å². The number of thioether (sulfide) groups is 1. The van der Waals surface area contributed by atoms with Crippen LogP contribution in [0.15, 0.2) is 33.9 Å². The number of ether oxygens (including phenoxy) is 1. The minimum atomic E-state index is -3.78. The largest absolute Gasteiger partial charge is 0.490 e. The van der Waals surface area contributed by atoms with Crippen molar-refractivity contribution >= 4 is 59.1 Å². The number of sulfone groups is 1. The molecule has 2 aliphatic heterocycles. The van der Waals surface area contributed by atoms with Gasteiger partial charge in [0.05, 0.1) is 24.2 Å². The highest BCUT2D eigenvalue weighted by Gasteiger charge is 2.39. The Balaban J connectivity index is 1.95. The molecule has 1 aromatic rings. The van der Waals surface area contributed by atoms with Gasteiger partial charge < -0.3 is 8.92 Å². The second-order valence-corrected chi connectivity index (χ2v) is 12.2. The molecule has 0 fully saturated rings. The molecule has 2 heterocycles. The summed E-state index contributed by atoms with van der Waals surface area (Å²) in [6.45, 7) is 5.46. The van der Waals surface area contributed by atoms with Gasteiger partial charge in [-0.25, -0.2) is 8.42 Å². The summed E-state index contributed by atoms with van der Waals surface area (Å²) in [6, 6.07) is 4.30. The fraction of sp³-hybridized carbons (Fsp3) is 0.368. The van der Waals surface area contributed by atoms with Crippen molar-refractivity contribution in [1.29, 1.82) is 5.41 Å². The normalized spacial score (nSPS) is 17.8. The molecule has 33 heavy (non-hydrogen) atoms. The fourth-order valence-corrected chi connectivity index (χ4v) is 6.14. The summed E-state index contributed by atoms with van der Waals surface area (Å²) in [7, 11) is -7.47. The molecule has 0 aliphatic carbocycles. The lowest BCUT2D eigenvalue weighted by atomic mass is 10.1. The molecule has 1 N–H and O–H groups in total. The van der Waals surface area contributed by atoms with Crippen LogP contribution in [0.2, 0.25) is 0 Å². The standard InChI is InChI=1S/C19H22N4O7S3/c1-5-29-15-9-12(6-7-14(15)30-32(4,25)26)8-13-16(20)23-18(21-17(13)24)31-19(22-23)33(27,28)10-11(2)3/h6-9,11,20H,5,10H2,1-4H3/b13-8-,20-16?. The number of amidine groups is 2. The van der Waals surface area contributed by atoms with E-state index in [0.29, 0.717) is 5.56 Å². The third-order valence-electron chi connectivity index (χ3n) is 4.07. The van der Waals surface area contributed by atoms with Gasteiger partial charge in [0.2, 0.25) is 19.4 Å². The quantitative estimate of drug-likeness (QED) is 0.425. The Labute approximate surface area is 196 Å². The van der Waals surface area contributed by atoms with Crippen molar-refractivity contribution < 1.29 is 30.6 Å². The van der Waals surface area contributed by atoms with Crippen molar-refractivity contribution in [3.63, 3.8) is 0 Å². The molecule has 3 rings (SSSR count). The second-order valence-electron chi connectivity index (χ2n) is 7.49. The van der Waals surface area contributed by atoms with E-state index in [1.165, 1.54) is 24.3 Å². The summed E-state index contributed by atoms with van der Waals surface area (Å²) in [5.41, 5.74) is 0.291. The Morgan fingerprint density at radius 3 is 2.52 bits per heavy atom. The number of rotatable bonds is 7. The predicted molar refractivity (Wildman–Crippen MR) is 127 cm³/mol. The first-order valence-corrected chi connectivity index (χ1v) is 14.0. The van der Waals surface area contributed by atoms with Crippen LogP contribution in [0.5, 0.6) is 11.5 Å². The van der Waals surface area contributed by atoms with E-state index in [0.717, 1.165) is 23.0 Å². The SMILES string of the molecule is CCOc1cc(/C=C2/C(=N)N3N=C(S(=O)(=O)CC(C)C)SC3=NC2=O)ccc1OS(C)(=O)=O. The Morgan fingerprint density at radius 1 is 1.21 bits per heavy atom. The highest BCUT2D eigenvalue weighted by Crippen LogP contribution is 2.33. The molecule has 178 valence electrons. The minimum Gasteiger partial charge on any atom is -0.490 e. The molecule has 0 bridgehead atoms. The van der Waals surface area contributed by atoms with E-state index in [4.69, 9.17) is 14.3 Å². The number of nitrogens with zero attached hydrogens (tertiary/aromatic N) is 3. The number of amides is 1. The lowest BCUT2D eigenvalue weighted by Crippen LogP contribution is -2.35. The maximum absolute atomic E-state index is 12.6. The van der Waals surface area contributed by atoms with Crippen LogP contribution in [0.1, 0.15) is 26.3 Å². The Hall–Kier alpha value is -2.71. The average Bonchev–Trinajstić information content (AvgIpc) is 3.10. The van der Waals surface area contributed by atoms with Crippen molar-refractivity contribution in [3.8, 4) is 11.5 Å². The first kappa shape index (κ1) is 24.9. The third kappa shape index (κ3) is 5.81. The van der Waals surface area contributed by atoms with Crippen LogP contribution >= 0.6 is 11.8 Å². The van der Waals surface area contributed by atoms with Gasteiger partial charge in [0.25, 0.3) is 5.91 Å². The Kier molecular flexibility index (Phi) is 7.00. The summed E-state index contributed by atoms with van der Waals surface area (Å²) in [5, 5.41) is 13.4. The summed E-state index contributed by atoms with van der Waals surface area (Å²) in [4.78, 5) is 16.5. The number of benzene rings is 1. The molecule has 1 amide bonds. The van der Waals surface area contributed by atoms with E-state index in [2.05, 4.69) is 10.1 Å². The van der Waals surface area contributed by atoms with E-state index in [1.54, 1.807) is 20.8 Å². The lowest BCUT2D eigenvalue weighted by Gasteiger charge is -2.20. The first-order chi connectivity index (χ1) is 15.3. The van der Waals surface area contributed by atoms with Crippen LogP contribution < -0.4 is 8.92 Å². The zero-order valence-electron chi connectivity index (χ0n) is 18.2. The zero-order chi connectivity index (χ0) is 24.6. The number of aliphatic imine (C=N–C) groups is 1. The van der Waals surface area contributed by atoms with Gasteiger partial charge in [0.1, 0.15) is 0 Å². The monoisotopic (exact) mass is 514 g/mol. The first-order valence-electron chi connectivity index (χ1n) is 9.70. The molecule has 0 unspecified atom stereocenters. The summed E-state index contributed by atoms with van der Waals surface area (Å²) < 4.78 is 58.1. The molecule has 1 aromatic carbocycles. The van der Waals surface area contributed by atoms with Crippen LogP contribution in [-0.2, 0) is 24.7 Å². The average molecular weight is 515 g/mol. The molecule has 0 spiro atoms. The molecule has 0 atom stereocenters. The van der Waals surface area contributed by atoms with Crippen LogP contribution in [-0.4, -0.2) is 61.7 Å². The van der Waals surface area contributed by atoms with Crippen LogP contribution in [0.4, 0.5) is 0 Å². The number of hydrogen-bond acceptors (Lipinski definition) is 10. The lowest BCUT2D eigenvalue weighted by molar-refractivity contribution is -0.114. The second kappa shape index (κ2) is 9.27. The molecule has 0 saturated heterocycles. The van der Waals surface area contributed by atoms with E-state index < -0.39 is 25.9 Å². The molecule has 2 aliphatic rings. The number of hydrogen-bond donors (Lipinski definition) is 1. The predicted octanol–water partition coefficient (Wildman–Crippen LogP) is 2.07. The number of nitrogens with one attached hydrogen (secondary N) is 1. The van der Waals surface area contributed by atoms with Gasteiger partial charge >= 0.3 is 10.1 Å². The summed E-state index contributed by atoms with van der Waals surface area (Å²) in [6.07, 6.45) is 2.26. The zero-order valence-corrected chi connectivity index (χ0v) is 20.7. The molecule has 11 nitrogen and oxygen atoms in total. The summed E-state index contributed by atoms with van der Waals surface area (Å²) >= 11 is 0.731. The third-order valence-corrected chi connectivity index (χ3v) is 7.99. The van der Waals surface area contributed by atoms with E-state index in [9.17, 15) is 21.6 Å². The van der Waals surface area contributed by atoms with Gasteiger partial charge in [-0.2, -0.15) is 18.4 Å². The number of carbonyl (C=O) groups is 1. The Bertz CT molecular complexity index is 1310. The van der Waals surface area contributed by atoms with Gasteiger partial charge in [-0.1, -0.05) is 19.9 Å². The molecule has 0 aromatic heterocycles. The van der Waals surface area contributed by atoms with Crippen molar-refractivity contribution in [2.24, 2.45) is 16.0 Å². The van der Waals surface area contributed by atoms with Crippen molar-refractivity contribution in [2.75, 3.05) is 18.6 Å². The Morgan fingerprint density at radius 2 is 1.91 bits per heavy atom. The number of fused-ring (bicyclic) bond motifs is 1. The molecule has 0 saturated carbocycles. The molecular weight excluding hydrogens is 492 g/mol. The van der Waals surface area contributed by atoms with Crippen molar-refractivity contribution in [2.45, 2.75) is 20.8 Å². The number of hydrazone groups is 1. The van der Waals surface area contributed by atoms with Gasteiger partial charge in [0.15, 0.2) is 17.3 Å². The minimum absolute atomic E-state index is 0.00335. The summed E-state index contributed by atoms with van der Waals surface area (Å²) in [5.74, 6) is -1.19. The topological polar surface area (TPSA) is 156 Å². The fourth-order valence-electron chi connectivity index (χ4n) is 2.89. The highest BCUT2D eigenvalue weighted by atomic mass is 32.3. The molecule has 0 radical (unpaired) electrons. The van der Waals surface area contributed by atoms with Gasteiger partial charge in [-0.15, -0.1) is 5.10 Å². The van der Waals surface area contributed by atoms with E-state index in [-0.39, 0.29) is 50.7 Å². The van der Waals surface area contributed by atoms with Crippen molar-refractivity contribution in [1.82, 2.24) is 5.01 Å². The van der Waals surface area contributed by atoms with Gasteiger partial charge in [-0.3, -0.25) is 10.2 Å². The maximum Gasteiger partial charge on any atom is 0.306 e. The number of carbonyl (C=O) groups excluding carboxylic acids is 1. The van der Waals surface area contributed by atoms with Crippen LogP contribution in [0.25, 0.3) is 6.08 Å². The van der Waals surface area contributed by atoms with Gasteiger partial charge in [-0.05, 0) is 48.4 Å². The smallest absolute Gasteiger partial charge is 0.306 e.